The highest BCUT2D eigenvalue weighted by Gasteiger charge is 2.89. The second kappa shape index (κ2) is 5.76. The summed E-state index contributed by atoms with van der Waals surface area (Å²) in [4.78, 5) is 20.8. The molecule has 0 amide bonds. The third-order valence-corrected chi connectivity index (χ3v) is 8.41. The maximum absolute atomic E-state index is 13.7. The van der Waals surface area contributed by atoms with Crippen molar-refractivity contribution in [3.05, 3.63) is 29.8 Å². The molecule has 1 aromatic carbocycles. The van der Waals surface area contributed by atoms with Crippen molar-refractivity contribution in [1.82, 2.24) is 0 Å². The Balaban J connectivity index is 2.34. The Labute approximate surface area is 159 Å². The first-order valence-electron chi connectivity index (χ1n) is 8.71. The quantitative estimate of drug-likeness (QED) is 0.439. The molecule has 0 saturated carbocycles. The first kappa shape index (κ1) is 20.3. The number of sulfone groups is 1. The van der Waals surface area contributed by atoms with Gasteiger partial charge in [0.05, 0.1) is 0 Å². The van der Waals surface area contributed by atoms with Crippen LogP contribution in [0.3, 0.4) is 0 Å². The van der Waals surface area contributed by atoms with Gasteiger partial charge in [0, 0.05) is 25.0 Å². The fourth-order valence-corrected chi connectivity index (χ4v) is 8.12. The van der Waals surface area contributed by atoms with Crippen molar-refractivity contribution in [2.24, 2.45) is 10.8 Å². The lowest BCUT2D eigenvalue weighted by Gasteiger charge is -2.61. The van der Waals surface area contributed by atoms with Gasteiger partial charge in [-0.2, -0.15) is 0 Å². The number of carbonyl (C=O) groups excluding carboxylic acids is 1. The monoisotopic (exact) mass is 398 g/mol. The van der Waals surface area contributed by atoms with E-state index in [1.807, 2.05) is 34.6 Å². The molecular weight excluding hydrogens is 372 g/mol. The molecule has 2 aliphatic rings. The van der Waals surface area contributed by atoms with Crippen molar-refractivity contribution >= 4 is 15.8 Å². The van der Waals surface area contributed by atoms with Crippen LogP contribution in [-0.2, 0) is 34.1 Å². The summed E-state index contributed by atoms with van der Waals surface area (Å²) in [6.45, 7) is 10.6. The van der Waals surface area contributed by atoms with Gasteiger partial charge in [-0.25, -0.2) is 18.2 Å². The molecule has 150 valence electrons. The van der Waals surface area contributed by atoms with Gasteiger partial charge in [-0.05, 0) is 17.5 Å². The Kier molecular flexibility index (Phi) is 4.32. The molecule has 27 heavy (non-hydrogen) atoms. The topological polar surface area (TPSA) is 88.1 Å². The standard InChI is InChI=1S/C19H26O7S/c1-12(20)24-14-10-8-9-13(11-14)18-19(26-25-18,16(2,3)4)17(5,6)15(23-7)27(18,21)22/h8-11,15H,1-7H3/t15-,18-,19+/m1/s1. The number of benzene rings is 1. The van der Waals surface area contributed by atoms with Gasteiger partial charge in [0.1, 0.15) is 5.75 Å². The van der Waals surface area contributed by atoms with Crippen molar-refractivity contribution in [1.29, 1.82) is 0 Å². The average Bonchev–Trinajstić information content (AvgIpc) is 2.51. The van der Waals surface area contributed by atoms with E-state index in [-0.39, 0.29) is 5.75 Å². The van der Waals surface area contributed by atoms with Crippen molar-refractivity contribution in [3.63, 3.8) is 0 Å². The summed E-state index contributed by atoms with van der Waals surface area (Å²) in [6, 6.07) is 6.36. The van der Waals surface area contributed by atoms with Crippen LogP contribution in [0.5, 0.6) is 5.75 Å². The molecule has 2 heterocycles. The first-order valence-corrected chi connectivity index (χ1v) is 10.3. The van der Waals surface area contributed by atoms with Crippen LogP contribution in [0.1, 0.15) is 47.1 Å². The van der Waals surface area contributed by atoms with E-state index in [1.165, 1.54) is 20.1 Å². The van der Waals surface area contributed by atoms with Crippen molar-refractivity contribution < 1.29 is 32.5 Å². The fraction of sp³-hybridized carbons (Fsp3) is 0.632. The number of rotatable bonds is 3. The predicted octanol–water partition coefficient (Wildman–Crippen LogP) is 2.94. The zero-order valence-electron chi connectivity index (χ0n) is 16.7. The highest BCUT2D eigenvalue weighted by atomic mass is 32.2. The number of carbonyl (C=O) groups is 1. The largest absolute Gasteiger partial charge is 0.427 e. The molecule has 7 nitrogen and oxygen atoms in total. The van der Waals surface area contributed by atoms with Crippen LogP contribution in [0.25, 0.3) is 0 Å². The second-order valence-corrected chi connectivity index (χ2v) is 10.8. The van der Waals surface area contributed by atoms with E-state index in [0.29, 0.717) is 5.56 Å². The molecule has 0 bridgehead atoms. The van der Waals surface area contributed by atoms with Crippen LogP contribution < -0.4 is 4.74 Å². The van der Waals surface area contributed by atoms with Crippen molar-refractivity contribution in [2.45, 2.75) is 57.5 Å². The lowest BCUT2D eigenvalue weighted by Crippen LogP contribution is -2.74. The lowest BCUT2D eigenvalue weighted by molar-refractivity contribution is -0.569. The zero-order valence-corrected chi connectivity index (χ0v) is 17.5. The molecule has 3 atom stereocenters. The summed E-state index contributed by atoms with van der Waals surface area (Å²) < 4.78 is 37.9. The minimum absolute atomic E-state index is 0.238. The average molecular weight is 398 g/mol. The number of esters is 1. The maximum atomic E-state index is 13.7. The van der Waals surface area contributed by atoms with Gasteiger partial charge in [0.2, 0.25) is 9.84 Å². The lowest BCUT2D eigenvalue weighted by atomic mass is 9.57. The van der Waals surface area contributed by atoms with E-state index in [2.05, 4.69) is 0 Å². The summed E-state index contributed by atoms with van der Waals surface area (Å²) in [7, 11) is -2.63. The normalized spacial score (nSPS) is 33.8. The summed E-state index contributed by atoms with van der Waals surface area (Å²) in [5.74, 6) is -0.261. The SMILES string of the molecule is CO[C@H]1C(C)(C)[C@]2(C(C)(C)C)OO[C@]2(c2cccc(OC(C)=O)c2)S1(=O)=O. The third kappa shape index (κ3) is 2.18. The number of ether oxygens (including phenoxy) is 2. The molecule has 0 unspecified atom stereocenters. The van der Waals surface area contributed by atoms with E-state index in [9.17, 15) is 13.2 Å². The van der Waals surface area contributed by atoms with E-state index in [1.54, 1.807) is 18.2 Å². The van der Waals surface area contributed by atoms with Gasteiger partial charge in [0.25, 0.3) is 4.93 Å². The molecule has 0 aromatic heterocycles. The van der Waals surface area contributed by atoms with Crippen LogP contribution >= 0.6 is 0 Å². The van der Waals surface area contributed by atoms with Crippen LogP contribution in [0.2, 0.25) is 0 Å². The molecule has 3 rings (SSSR count). The molecule has 2 aliphatic heterocycles. The molecule has 0 spiro atoms. The number of hydrogen-bond donors (Lipinski definition) is 0. The van der Waals surface area contributed by atoms with Crippen LogP contribution in [0, 0.1) is 10.8 Å². The van der Waals surface area contributed by atoms with Crippen molar-refractivity contribution in [2.75, 3.05) is 7.11 Å². The van der Waals surface area contributed by atoms with Gasteiger partial charge in [-0.15, -0.1) is 0 Å². The number of methoxy groups -OCH3 is 1. The Bertz CT molecular complexity index is 884. The molecule has 0 aliphatic carbocycles. The second-order valence-electron chi connectivity index (χ2n) is 8.67. The third-order valence-electron chi connectivity index (χ3n) is 5.67. The maximum Gasteiger partial charge on any atom is 0.308 e. The highest BCUT2D eigenvalue weighted by molar-refractivity contribution is 7.93. The Morgan fingerprint density at radius 1 is 1.19 bits per heavy atom. The Hall–Kier alpha value is -1.48. The predicted molar refractivity (Wildman–Crippen MR) is 97.3 cm³/mol. The van der Waals surface area contributed by atoms with Gasteiger partial charge < -0.3 is 9.47 Å². The van der Waals surface area contributed by atoms with E-state index in [0.717, 1.165) is 0 Å². The van der Waals surface area contributed by atoms with Crippen molar-refractivity contribution in [3.8, 4) is 5.75 Å². The first-order chi connectivity index (χ1) is 12.3. The molecular formula is C19H26O7S. The zero-order chi connectivity index (χ0) is 20.5. The summed E-state index contributed by atoms with van der Waals surface area (Å²) >= 11 is 0. The van der Waals surface area contributed by atoms with Gasteiger partial charge in [0.15, 0.2) is 11.0 Å². The van der Waals surface area contributed by atoms with Crippen LogP contribution in [-0.4, -0.2) is 32.5 Å². The molecule has 1 aromatic rings. The Morgan fingerprint density at radius 3 is 2.26 bits per heavy atom. The minimum atomic E-state index is -4.00. The van der Waals surface area contributed by atoms with Gasteiger partial charge in [-0.1, -0.05) is 46.8 Å². The molecule has 2 fully saturated rings. The highest BCUT2D eigenvalue weighted by Crippen LogP contribution is 2.73. The Morgan fingerprint density at radius 2 is 1.81 bits per heavy atom. The van der Waals surface area contributed by atoms with E-state index in [4.69, 9.17) is 19.2 Å². The molecule has 0 N–H and O–H groups in total. The van der Waals surface area contributed by atoms with Crippen LogP contribution in [0.15, 0.2) is 24.3 Å². The molecule has 2 saturated heterocycles. The van der Waals surface area contributed by atoms with Gasteiger partial charge >= 0.3 is 5.97 Å². The summed E-state index contributed by atoms with van der Waals surface area (Å²) in [5.41, 5.74) is -3.55. The van der Waals surface area contributed by atoms with Crippen LogP contribution in [0.4, 0.5) is 0 Å². The fourth-order valence-electron chi connectivity index (χ4n) is 5.04. The minimum Gasteiger partial charge on any atom is -0.427 e. The molecule has 0 radical (unpaired) electrons. The smallest absolute Gasteiger partial charge is 0.308 e. The summed E-state index contributed by atoms with van der Waals surface area (Å²) in [6.07, 6.45) is 0. The summed E-state index contributed by atoms with van der Waals surface area (Å²) in [5, 5.41) is 0. The number of fused-ring (bicyclic) bond motifs is 1. The number of hydrogen-bond acceptors (Lipinski definition) is 7. The molecule has 8 heteroatoms. The van der Waals surface area contributed by atoms with E-state index >= 15 is 0 Å². The van der Waals surface area contributed by atoms with Gasteiger partial charge in [-0.3, -0.25) is 4.79 Å². The van der Waals surface area contributed by atoms with E-state index < -0.39 is 42.6 Å².